The summed E-state index contributed by atoms with van der Waals surface area (Å²) in [7, 11) is -4.20. The largest absolute Gasteiger partial charge is 0.419 e. The van der Waals surface area contributed by atoms with Crippen LogP contribution in [0.1, 0.15) is 24.8 Å². The summed E-state index contributed by atoms with van der Waals surface area (Å²) in [5, 5.41) is 0. The monoisotopic (exact) mass is 411 g/mol. The van der Waals surface area contributed by atoms with E-state index in [9.17, 15) is 30.8 Å². The number of alkyl halides is 3. The molecule has 0 aromatic heterocycles. The van der Waals surface area contributed by atoms with Crippen LogP contribution in [0.2, 0.25) is 0 Å². The number of primary amides is 1. The van der Waals surface area contributed by atoms with E-state index in [4.69, 9.17) is 5.73 Å². The van der Waals surface area contributed by atoms with Crippen molar-refractivity contribution in [3.8, 4) is 0 Å². The third-order valence-corrected chi connectivity index (χ3v) is 5.86. The molecule has 1 atom stereocenters. The van der Waals surface area contributed by atoms with E-state index in [0.29, 0.717) is 25.6 Å². The van der Waals surface area contributed by atoms with E-state index in [2.05, 4.69) is 4.72 Å². The van der Waals surface area contributed by atoms with E-state index in [-0.39, 0.29) is 24.4 Å². The van der Waals surface area contributed by atoms with Gasteiger partial charge in [0.25, 0.3) is 0 Å². The number of benzene rings is 1. The molecule has 1 aliphatic heterocycles. The van der Waals surface area contributed by atoms with Crippen LogP contribution in [0.3, 0.4) is 0 Å². The summed E-state index contributed by atoms with van der Waals surface area (Å²) < 4.78 is 77.9. The van der Waals surface area contributed by atoms with Gasteiger partial charge in [-0.05, 0) is 50.6 Å². The van der Waals surface area contributed by atoms with E-state index in [0.717, 1.165) is 25.5 Å². The number of carbonyl (C=O) groups excluding carboxylic acids is 1. The number of carbonyl (C=O) groups is 1. The highest BCUT2D eigenvalue weighted by molar-refractivity contribution is 7.89. The SMILES string of the molecule is NC(=O)[C@H]1CCCN(CCCNS(=O)(=O)c2ccc(F)c(C(F)(F)F)c2)C1. The van der Waals surface area contributed by atoms with Crippen molar-refractivity contribution in [1.29, 1.82) is 0 Å². The molecule has 0 aliphatic carbocycles. The molecule has 152 valence electrons. The number of halogens is 4. The van der Waals surface area contributed by atoms with Gasteiger partial charge in [0.2, 0.25) is 15.9 Å². The summed E-state index contributed by atoms with van der Waals surface area (Å²) >= 11 is 0. The summed E-state index contributed by atoms with van der Waals surface area (Å²) in [5.41, 5.74) is 3.67. The third-order valence-electron chi connectivity index (χ3n) is 4.40. The number of nitrogens with two attached hydrogens (primary N) is 1. The molecule has 0 bridgehead atoms. The van der Waals surface area contributed by atoms with Gasteiger partial charge < -0.3 is 10.6 Å². The van der Waals surface area contributed by atoms with Gasteiger partial charge in [-0.25, -0.2) is 17.5 Å². The van der Waals surface area contributed by atoms with Gasteiger partial charge in [0.05, 0.1) is 16.4 Å². The standard InChI is InChI=1S/C16H21F4N3O3S/c17-14-5-4-12(9-13(14)16(18,19)20)27(25,26)22-6-2-8-23-7-1-3-11(10-23)15(21)24/h4-5,9,11,22H,1-3,6-8,10H2,(H2,21,24)/t11-/m0/s1. The summed E-state index contributed by atoms with van der Waals surface area (Å²) in [6, 6.07) is 1.55. The van der Waals surface area contributed by atoms with Crippen LogP contribution in [0.25, 0.3) is 0 Å². The molecule has 0 radical (unpaired) electrons. The van der Waals surface area contributed by atoms with Crippen LogP contribution in [0.5, 0.6) is 0 Å². The van der Waals surface area contributed by atoms with Gasteiger partial charge in [0, 0.05) is 13.1 Å². The number of amides is 1. The molecule has 11 heteroatoms. The minimum atomic E-state index is -4.99. The van der Waals surface area contributed by atoms with Crippen LogP contribution < -0.4 is 10.5 Å². The zero-order chi connectivity index (χ0) is 20.2. The quantitative estimate of drug-likeness (QED) is 0.528. The van der Waals surface area contributed by atoms with E-state index in [1.165, 1.54) is 0 Å². The summed E-state index contributed by atoms with van der Waals surface area (Å²) in [6.07, 6.45) is -3.04. The molecule has 0 spiro atoms. The van der Waals surface area contributed by atoms with Crippen molar-refractivity contribution >= 4 is 15.9 Å². The van der Waals surface area contributed by atoms with E-state index < -0.39 is 32.5 Å². The Morgan fingerprint density at radius 1 is 1.33 bits per heavy atom. The van der Waals surface area contributed by atoms with Gasteiger partial charge in [-0.1, -0.05) is 0 Å². The molecule has 3 N–H and O–H groups in total. The van der Waals surface area contributed by atoms with Crippen molar-refractivity contribution in [2.24, 2.45) is 11.7 Å². The molecule has 2 rings (SSSR count). The van der Waals surface area contributed by atoms with Crippen LogP contribution in [0.4, 0.5) is 17.6 Å². The fourth-order valence-corrected chi connectivity index (χ4v) is 4.07. The van der Waals surface area contributed by atoms with Gasteiger partial charge in [0.1, 0.15) is 5.82 Å². The Labute approximate surface area is 154 Å². The van der Waals surface area contributed by atoms with E-state index in [1.54, 1.807) is 0 Å². The first-order valence-electron chi connectivity index (χ1n) is 8.39. The first-order valence-corrected chi connectivity index (χ1v) is 9.87. The fraction of sp³-hybridized carbons (Fsp3) is 0.562. The second-order valence-corrected chi connectivity index (χ2v) is 8.20. The van der Waals surface area contributed by atoms with Gasteiger partial charge >= 0.3 is 6.18 Å². The number of likely N-dealkylation sites (tertiary alicyclic amines) is 1. The van der Waals surface area contributed by atoms with E-state index >= 15 is 0 Å². The Hall–Kier alpha value is -1.72. The molecule has 1 aromatic rings. The van der Waals surface area contributed by atoms with Crippen molar-refractivity contribution in [3.05, 3.63) is 29.6 Å². The lowest BCUT2D eigenvalue weighted by molar-refractivity contribution is -0.140. The number of nitrogens with one attached hydrogen (secondary N) is 1. The van der Waals surface area contributed by atoms with Gasteiger partial charge in [-0.3, -0.25) is 4.79 Å². The molecule has 1 aromatic carbocycles. The van der Waals surface area contributed by atoms with Crippen molar-refractivity contribution in [1.82, 2.24) is 9.62 Å². The predicted molar refractivity (Wildman–Crippen MR) is 89.6 cm³/mol. The Bertz CT molecular complexity index is 784. The molecule has 27 heavy (non-hydrogen) atoms. The van der Waals surface area contributed by atoms with E-state index in [1.807, 2.05) is 4.90 Å². The van der Waals surface area contributed by atoms with Crippen molar-refractivity contribution in [3.63, 3.8) is 0 Å². The summed E-state index contributed by atoms with van der Waals surface area (Å²) in [4.78, 5) is 12.6. The number of nitrogens with zero attached hydrogens (tertiary/aromatic N) is 1. The molecular weight excluding hydrogens is 390 g/mol. The molecule has 1 amide bonds. The predicted octanol–water partition coefficient (Wildman–Crippen LogP) is 1.71. The number of hydrogen-bond donors (Lipinski definition) is 2. The minimum Gasteiger partial charge on any atom is -0.369 e. The Morgan fingerprint density at radius 2 is 2.04 bits per heavy atom. The lowest BCUT2D eigenvalue weighted by Crippen LogP contribution is -2.42. The molecular formula is C16H21F4N3O3S. The van der Waals surface area contributed by atoms with Gasteiger partial charge in [-0.2, -0.15) is 13.2 Å². The van der Waals surface area contributed by atoms with Crippen LogP contribution in [-0.4, -0.2) is 45.4 Å². The van der Waals surface area contributed by atoms with Gasteiger partial charge in [0.15, 0.2) is 0 Å². The second kappa shape index (κ2) is 8.53. The maximum atomic E-state index is 13.3. The topological polar surface area (TPSA) is 92.5 Å². The smallest absolute Gasteiger partial charge is 0.369 e. The zero-order valence-corrected chi connectivity index (χ0v) is 15.2. The number of piperidine rings is 1. The van der Waals surface area contributed by atoms with Crippen LogP contribution in [0, 0.1) is 11.7 Å². The molecule has 1 aliphatic rings. The second-order valence-electron chi connectivity index (χ2n) is 6.43. The maximum absolute atomic E-state index is 13.3. The van der Waals surface area contributed by atoms with Crippen LogP contribution >= 0.6 is 0 Å². The zero-order valence-electron chi connectivity index (χ0n) is 14.4. The van der Waals surface area contributed by atoms with Crippen molar-refractivity contribution in [2.75, 3.05) is 26.2 Å². The Kier molecular flexibility index (Phi) is 6.82. The van der Waals surface area contributed by atoms with Crippen molar-refractivity contribution < 1.29 is 30.8 Å². The normalized spacial score (nSPS) is 19.2. The third kappa shape index (κ3) is 5.88. The summed E-state index contributed by atoms with van der Waals surface area (Å²) in [5.74, 6) is -2.12. The highest BCUT2D eigenvalue weighted by Gasteiger charge is 2.35. The molecule has 1 fully saturated rings. The molecule has 1 saturated heterocycles. The molecule has 1 heterocycles. The maximum Gasteiger partial charge on any atom is 0.419 e. The Morgan fingerprint density at radius 3 is 2.67 bits per heavy atom. The Balaban J connectivity index is 1.91. The molecule has 6 nitrogen and oxygen atoms in total. The molecule has 0 unspecified atom stereocenters. The minimum absolute atomic E-state index is 0.00119. The average molecular weight is 411 g/mol. The first-order chi connectivity index (χ1) is 12.5. The highest BCUT2D eigenvalue weighted by Crippen LogP contribution is 2.32. The van der Waals surface area contributed by atoms with Crippen molar-refractivity contribution in [2.45, 2.75) is 30.3 Å². The van der Waals surface area contributed by atoms with Crippen LogP contribution in [-0.2, 0) is 21.0 Å². The number of sulfonamides is 1. The molecule has 0 saturated carbocycles. The average Bonchev–Trinajstić information content (AvgIpc) is 2.58. The number of rotatable bonds is 7. The van der Waals surface area contributed by atoms with Gasteiger partial charge in [-0.15, -0.1) is 0 Å². The summed E-state index contributed by atoms with van der Waals surface area (Å²) in [6.45, 7) is 1.79. The lowest BCUT2D eigenvalue weighted by Gasteiger charge is -2.31. The fourth-order valence-electron chi connectivity index (χ4n) is 2.97. The van der Waals surface area contributed by atoms with Crippen LogP contribution in [0.15, 0.2) is 23.1 Å². The number of hydrogen-bond acceptors (Lipinski definition) is 4. The highest BCUT2D eigenvalue weighted by atomic mass is 32.2. The lowest BCUT2D eigenvalue weighted by atomic mass is 9.97. The first kappa shape index (κ1) is 21.6.